The molecule has 2 amide bonds. The molecule has 0 aliphatic carbocycles. The van der Waals surface area contributed by atoms with Gasteiger partial charge in [0.05, 0.1) is 12.6 Å². The average molecular weight is 227 g/mol. The van der Waals surface area contributed by atoms with Gasteiger partial charge in [0.2, 0.25) is 11.8 Å². The predicted octanol–water partition coefficient (Wildman–Crippen LogP) is -0.148. The van der Waals surface area contributed by atoms with Gasteiger partial charge >= 0.3 is 0 Å². The predicted molar refractivity (Wildman–Crippen MR) is 61.7 cm³/mol. The van der Waals surface area contributed by atoms with Gasteiger partial charge in [-0.1, -0.05) is 13.3 Å². The van der Waals surface area contributed by atoms with Crippen LogP contribution in [0.4, 0.5) is 0 Å². The molecule has 1 atom stereocenters. The summed E-state index contributed by atoms with van der Waals surface area (Å²) in [6.45, 7) is 3.68. The zero-order valence-corrected chi connectivity index (χ0v) is 9.87. The number of hydrogen-bond acceptors (Lipinski definition) is 3. The SMILES string of the molecule is CCC[C@@H](N)C(=O)NCC(=O)N1CCCC1. The molecular formula is C11H21N3O2. The molecule has 1 heterocycles. The Bertz CT molecular complexity index is 250. The number of carbonyl (C=O) groups excluding carboxylic acids is 2. The van der Waals surface area contributed by atoms with Crippen LogP contribution in [0.15, 0.2) is 0 Å². The summed E-state index contributed by atoms with van der Waals surface area (Å²) in [7, 11) is 0. The van der Waals surface area contributed by atoms with Gasteiger partial charge in [-0.15, -0.1) is 0 Å². The lowest BCUT2D eigenvalue weighted by atomic mass is 10.2. The Labute approximate surface area is 96.4 Å². The fourth-order valence-corrected chi connectivity index (χ4v) is 1.81. The van der Waals surface area contributed by atoms with Crippen molar-refractivity contribution in [3.05, 3.63) is 0 Å². The Morgan fingerprint density at radius 3 is 2.56 bits per heavy atom. The minimum Gasteiger partial charge on any atom is -0.346 e. The van der Waals surface area contributed by atoms with Gasteiger partial charge in [0.15, 0.2) is 0 Å². The molecular weight excluding hydrogens is 206 g/mol. The maximum absolute atomic E-state index is 11.6. The van der Waals surface area contributed by atoms with E-state index in [9.17, 15) is 9.59 Å². The van der Waals surface area contributed by atoms with Crippen LogP contribution in [0.3, 0.4) is 0 Å². The van der Waals surface area contributed by atoms with Crippen LogP contribution >= 0.6 is 0 Å². The number of carbonyl (C=O) groups is 2. The first-order valence-electron chi connectivity index (χ1n) is 5.96. The lowest BCUT2D eigenvalue weighted by molar-refractivity contribution is -0.132. The van der Waals surface area contributed by atoms with Crippen molar-refractivity contribution in [3.8, 4) is 0 Å². The highest BCUT2D eigenvalue weighted by Crippen LogP contribution is 2.06. The highest BCUT2D eigenvalue weighted by molar-refractivity contribution is 5.87. The second-order valence-electron chi connectivity index (χ2n) is 4.20. The van der Waals surface area contributed by atoms with E-state index in [1.807, 2.05) is 6.92 Å². The summed E-state index contributed by atoms with van der Waals surface area (Å²) in [4.78, 5) is 24.8. The lowest BCUT2D eigenvalue weighted by Gasteiger charge is -2.16. The molecule has 0 aromatic rings. The molecule has 5 heteroatoms. The summed E-state index contributed by atoms with van der Waals surface area (Å²) < 4.78 is 0. The molecule has 5 nitrogen and oxygen atoms in total. The first-order valence-corrected chi connectivity index (χ1v) is 5.96. The van der Waals surface area contributed by atoms with Gasteiger partial charge in [0.1, 0.15) is 0 Å². The van der Waals surface area contributed by atoms with Crippen LogP contribution in [0.2, 0.25) is 0 Å². The fourth-order valence-electron chi connectivity index (χ4n) is 1.81. The summed E-state index contributed by atoms with van der Waals surface area (Å²) >= 11 is 0. The molecule has 3 N–H and O–H groups in total. The maximum Gasteiger partial charge on any atom is 0.241 e. The van der Waals surface area contributed by atoms with Crippen LogP contribution in [-0.4, -0.2) is 42.4 Å². The molecule has 0 aromatic heterocycles. The highest BCUT2D eigenvalue weighted by atomic mass is 16.2. The van der Waals surface area contributed by atoms with E-state index in [0.717, 1.165) is 32.4 Å². The number of amides is 2. The average Bonchev–Trinajstić information content (AvgIpc) is 2.79. The molecule has 0 radical (unpaired) electrons. The van der Waals surface area contributed by atoms with Crippen LogP contribution in [0, 0.1) is 0 Å². The van der Waals surface area contributed by atoms with Crippen LogP contribution < -0.4 is 11.1 Å². The molecule has 1 saturated heterocycles. The Hall–Kier alpha value is -1.10. The smallest absolute Gasteiger partial charge is 0.241 e. The maximum atomic E-state index is 11.6. The van der Waals surface area contributed by atoms with E-state index in [-0.39, 0.29) is 18.4 Å². The topological polar surface area (TPSA) is 75.4 Å². The molecule has 0 unspecified atom stereocenters. The van der Waals surface area contributed by atoms with Crippen molar-refractivity contribution in [2.45, 2.75) is 38.6 Å². The van der Waals surface area contributed by atoms with Crippen molar-refractivity contribution in [3.63, 3.8) is 0 Å². The van der Waals surface area contributed by atoms with Gasteiger partial charge in [-0.25, -0.2) is 0 Å². The van der Waals surface area contributed by atoms with Crippen LogP contribution in [-0.2, 0) is 9.59 Å². The quantitative estimate of drug-likeness (QED) is 0.686. The minimum atomic E-state index is -0.489. The standard InChI is InChI=1S/C11H21N3O2/c1-2-5-9(12)11(16)13-8-10(15)14-6-3-4-7-14/h9H,2-8,12H2,1H3,(H,13,16)/t9-/m1/s1. The van der Waals surface area contributed by atoms with Gasteiger partial charge in [0.25, 0.3) is 0 Å². The summed E-state index contributed by atoms with van der Waals surface area (Å²) in [5.41, 5.74) is 5.63. The third-order valence-electron chi connectivity index (χ3n) is 2.81. The molecule has 1 aliphatic heterocycles. The zero-order valence-electron chi connectivity index (χ0n) is 9.87. The largest absolute Gasteiger partial charge is 0.346 e. The fraction of sp³-hybridized carbons (Fsp3) is 0.818. The lowest BCUT2D eigenvalue weighted by Crippen LogP contribution is -2.45. The zero-order chi connectivity index (χ0) is 12.0. The number of hydrogen-bond donors (Lipinski definition) is 2. The second-order valence-corrected chi connectivity index (χ2v) is 4.20. The molecule has 0 saturated carbocycles. The third-order valence-corrected chi connectivity index (χ3v) is 2.81. The second kappa shape index (κ2) is 6.48. The monoisotopic (exact) mass is 227 g/mol. The van der Waals surface area contributed by atoms with E-state index >= 15 is 0 Å². The number of nitrogens with one attached hydrogen (secondary N) is 1. The Balaban J connectivity index is 2.22. The Kier molecular flexibility index (Phi) is 5.25. The van der Waals surface area contributed by atoms with Crippen LogP contribution in [0.1, 0.15) is 32.6 Å². The molecule has 92 valence electrons. The van der Waals surface area contributed by atoms with E-state index in [2.05, 4.69) is 5.32 Å². The number of likely N-dealkylation sites (tertiary alicyclic amines) is 1. The van der Waals surface area contributed by atoms with Crippen molar-refractivity contribution in [2.24, 2.45) is 5.73 Å². The van der Waals surface area contributed by atoms with Crippen LogP contribution in [0.5, 0.6) is 0 Å². The van der Waals surface area contributed by atoms with E-state index in [1.165, 1.54) is 0 Å². The van der Waals surface area contributed by atoms with Gasteiger partial charge < -0.3 is 16.0 Å². The molecule has 16 heavy (non-hydrogen) atoms. The number of nitrogens with zero attached hydrogens (tertiary/aromatic N) is 1. The molecule has 1 rings (SSSR count). The van der Waals surface area contributed by atoms with E-state index in [0.29, 0.717) is 6.42 Å². The van der Waals surface area contributed by atoms with Crippen LogP contribution in [0.25, 0.3) is 0 Å². The van der Waals surface area contributed by atoms with Crippen molar-refractivity contribution in [1.82, 2.24) is 10.2 Å². The molecule has 1 aliphatic rings. The van der Waals surface area contributed by atoms with Crippen molar-refractivity contribution in [2.75, 3.05) is 19.6 Å². The Morgan fingerprint density at radius 1 is 1.38 bits per heavy atom. The van der Waals surface area contributed by atoms with Gasteiger partial charge in [-0.2, -0.15) is 0 Å². The molecule has 0 bridgehead atoms. The van der Waals surface area contributed by atoms with Gasteiger partial charge in [-0.05, 0) is 19.3 Å². The van der Waals surface area contributed by atoms with E-state index in [1.54, 1.807) is 4.90 Å². The Morgan fingerprint density at radius 2 is 2.00 bits per heavy atom. The number of nitrogens with two attached hydrogens (primary N) is 1. The molecule has 0 aromatic carbocycles. The van der Waals surface area contributed by atoms with E-state index < -0.39 is 6.04 Å². The first kappa shape index (κ1) is 13.0. The van der Waals surface area contributed by atoms with Crippen molar-refractivity contribution >= 4 is 11.8 Å². The summed E-state index contributed by atoms with van der Waals surface area (Å²) in [5, 5.41) is 2.59. The van der Waals surface area contributed by atoms with Gasteiger partial charge in [0, 0.05) is 13.1 Å². The minimum absolute atomic E-state index is 0.00505. The normalized spacial score (nSPS) is 17.2. The molecule has 0 spiro atoms. The highest BCUT2D eigenvalue weighted by Gasteiger charge is 2.19. The summed E-state index contributed by atoms with van der Waals surface area (Å²) in [6, 6.07) is -0.489. The van der Waals surface area contributed by atoms with E-state index in [4.69, 9.17) is 5.73 Å². The van der Waals surface area contributed by atoms with Crippen molar-refractivity contribution in [1.29, 1.82) is 0 Å². The summed E-state index contributed by atoms with van der Waals surface area (Å²) in [5.74, 6) is -0.232. The van der Waals surface area contributed by atoms with Crippen molar-refractivity contribution < 1.29 is 9.59 Å². The van der Waals surface area contributed by atoms with Gasteiger partial charge in [-0.3, -0.25) is 9.59 Å². The molecule has 1 fully saturated rings. The first-order chi connectivity index (χ1) is 7.65. The number of rotatable bonds is 5. The third kappa shape index (κ3) is 3.81. The summed E-state index contributed by atoms with van der Waals surface area (Å²) in [6.07, 6.45) is 3.66.